The number of rotatable bonds is 3. The molecule has 0 aliphatic heterocycles. The van der Waals surface area contributed by atoms with Crippen LogP contribution in [0.5, 0.6) is 0 Å². The summed E-state index contributed by atoms with van der Waals surface area (Å²) in [4.78, 5) is 17.0. The average Bonchev–Trinajstić information content (AvgIpc) is 3.22. The van der Waals surface area contributed by atoms with Crippen LogP contribution in [0.15, 0.2) is 83.3 Å². The number of nitrogens with zero attached hydrogens (tertiary/aromatic N) is 1. The Balaban J connectivity index is 1.38. The quantitative estimate of drug-likeness (QED) is 0.176. The van der Waals surface area contributed by atoms with Gasteiger partial charge in [-0.1, -0.05) is 35.9 Å². The average molecular weight is 584 g/mol. The van der Waals surface area contributed by atoms with Gasteiger partial charge in [0.15, 0.2) is 10.7 Å². The molecule has 2 N–H and O–H groups in total. The third kappa shape index (κ3) is 4.57. The Labute approximate surface area is 213 Å². The van der Waals surface area contributed by atoms with E-state index in [9.17, 15) is 4.79 Å². The second-order valence-electron chi connectivity index (χ2n) is 7.26. The first-order valence-electron chi connectivity index (χ1n) is 9.94. The highest BCUT2D eigenvalue weighted by Gasteiger charge is 2.14. The predicted molar refractivity (Wildman–Crippen MR) is 145 cm³/mol. The van der Waals surface area contributed by atoms with E-state index < -0.39 is 0 Å². The molecular formula is C25H15ClIN3O2S. The number of halogens is 2. The Morgan fingerprint density at radius 2 is 1.73 bits per heavy atom. The van der Waals surface area contributed by atoms with Crippen LogP contribution in [0.4, 0.5) is 5.69 Å². The van der Waals surface area contributed by atoms with Crippen LogP contribution >= 0.6 is 46.4 Å². The van der Waals surface area contributed by atoms with E-state index in [1.54, 1.807) is 12.1 Å². The van der Waals surface area contributed by atoms with Gasteiger partial charge in [0.25, 0.3) is 5.91 Å². The lowest BCUT2D eigenvalue weighted by molar-refractivity contribution is 0.0977. The zero-order chi connectivity index (χ0) is 22.9. The summed E-state index contributed by atoms with van der Waals surface area (Å²) in [7, 11) is 0. The molecule has 162 valence electrons. The largest absolute Gasteiger partial charge is 0.436 e. The Bertz CT molecular complexity index is 1530. The molecule has 0 aliphatic rings. The van der Waals surface area contributed by atoms with Gasteiger partial charge in [0.1, 0.15) is 5.52 Å². The minimum absolute atomic E-state index is 0.199. The summed E-state index contributed by atoms with van der Waals surface area (Å²) in [6.07, 6.45) is 0. The van der Waals surface area contributed by atoms with E-state index in [0.29, 0.717) is 33.3 Å². The van der Waals surface area contributed by atoms with Crippen LogP contribution in [0.2, 0.25) is 5.02 Å². The zero-order valence-corrected chi connectivity index (χ0v) is 20.7. The number of amides is 1. The topological polar surface area (TPSA) is 67.2 Å². The lowest BCUT2D eigenvalue weighted by Crippen LogP contribution is -2.34. The molecule has 8 heteroatoms. The fourth-order valence-electron chi connectivity index (χ4n) is 3.52. The number of thiocarbonyl (C=S) groups is 1. The SMILES string of the molecule is O=C(NC(=S)Nc1ccc2oc(-c3cccc4c(Cl)cccc34)nc2c1)c1ccc(I)cc1. The van der Waals surface area contributed by atoms with Crippen molar-refractivity contribution in [3.05, 3.63) is 93.0 Å². The molecule has 0 atom stereocenters. The number of hydrogen-bond donors (Lipinski definition) is 2. The maximum atomic E-state index is 12.4. The van der Waals surface area contributed by atoms with Crippen molar-refractivity contribution >= 4 is 85.0 Å². The minimum atomic E-state index is -0.275. The van der Waals surface area contributed by atoms with E-state index in [0.717, 1.165) is 19.9 Å². The van der Waals surface area contributed by atoms with Crippen molar-refractivity contribution in [3.63, 3.8) is 0 Å². The Morgan fingerprint density at radius 1 is 0.970 bits per heavy atom. The van der Waals surface area contributed by atoms with E-state index in [1.165, 1.54) is 0 Å². The van der Waals surface area contributed by atoms with E-state index in [2.05, 4.69) is 38.2 Å². The summed E-state index contributed by atoms with van der Waals surface area (Å²) in [5.41, 5.74) is 3.40. The fraction of sp³-hybridized carbons (Fsp3) is 0. The van der Waals surface area contributed by atoms with Crippen LogP contribution in [0.1, 0.15) is 10.4 Å². The molecule has 0 radical (unpaired) electrons. The van der Waals surface area contributed by atoms with Crippen molar-refractivity contribution in [2.45, 2.75) is 0 Å². The summed E-state index contributed by atoms with van der Waals surface area (Å²) < 4.78 is 7.06. The van der Waals surface area contributed by atoms with Gasteiger partial charge in [-0.2, -0.15) is 0 Å². The molecule has 1 heterocycles. The minimum Gasteiger partial charge on any atom is -0.436 e. The van der Waals surface area contributed by atoms with Crippen molar-refractivity contribution in [1.82, 2.24) is 10.3 Å². The molecule has 0 saturated heterocycles. The molecule has 0 fully saturated rings. The zero-order valence-electron chi connectivity index (χ0n) is 16.9. The highest BCUT2D eigenvalue weighted by Crippen LogP contribution is 2.33. The number of nitrogens with one attached hydrogen (secondary N) is 2. The van der Waals surface area contributed by atoms with E-state index in [4.69, 9.17) is 28.2 Å². The van der Waals surface area contributed by atoms with Crippen molar-refractivity contribution in [2.75, 3.05) is 5.32 Å². The molecule has 0 spiro atoms. The maximum absolute atomic E-state index is 12.4. The molecule has 5 aromatic rings. The first kappa shape index (κ1) is 21.8. The van der Waals surface area contributed by atoms with Crippen molar-refractivity contribution in [1.29, 1.82) is 0 Å². The molecule has 1 amide bonds. The Kier molecular flexibility index (Phi) is 6.01. The van der Waals surface area contributed by atoms with Crippen LogP contribution in [0.3, 0.4) is 0 Å². The van der Waals surface area contributed by atoms with Gasteiger partial charge in [-0.05, 0) is 94.8 Å². The Hall–Kier alpha value is -3.01. The van der Waals surface area contributed by atoms with Gasteiger partial charge < -0.3 is 9.73 Å². The molecule has 0 aliphatic carbocycles. The van der Waals surface area contributed by atoms with Crippen molar-refractivity contribution < 1.29 is 9.21 Å². The number of benzene rings is 4. The fourth-order valence-corrected chi connectivity index (χ4v) is 4.33. The van der Waals surface area contributed by atoms with Gasteiger partial charge in [0.05, 0.1) is 0 Å². The van der Waals surface area contributed by atoms with Gasteiger partial charge in [-0.15, -0.1) is 0 Å². The number of anilines is 1. The molecule has 1 aromatic heterocycles. The van der Waals surface area contributed by atoms with E-state index >= 15 is 0 Å². The number of carbonyl (C=O) groups is 1. The normalized spacial score (nSPS) is 11.0. The highest BCUT2D eigenvalue weighted by molar-refractivity contribution is 14.1. The lowest BCUT2D eigenvalue weighted by Gasteiger charge is -2.09. The number of fused-ring (bicyclic) bond motifs is 2. The van der Waals surface area contributed by atoms with Gasteiger partial charge in [0, 0.05) is 30.8 Å². The molecule has 0 saturated carbocycles. The van der Waals surface area contributed by atoms with Gasteiger partial charge >= 0.3 is 0 Å². The first-order valence-corrected chi connectivity index (χ1v) is 11.8. The molecule has 4 aromatic carbocycles. The number of oxazole rings is 1. The summed E-state index contributed by atoms with van der Waals surface area (Å²) >= 11 is 13.8. The number of carbonyl (C=O) groups excluding carboxylic acids is 1. The van der Waals surface area contributed by atoms with Crippen LogP contribution in [0.25, 0.3) is 33.3 Å². The van der Waals surface area contributed by atoms with Crippen LogP contribution in [-0.2, 0) is 0 Å². The van der Waals surface area contributed by atoms with E-state index in [-0.39, 0.29) is 11.0 Å². The number of aromatic nitrogens is 1. The van der Waals surface area contributed by atoms with Crippen molar-refractivity contribution in [3.8, 4) is 11.5 Å². The van der Waals surface area contributed by atoms with Crippen LogP contribution in [0, 0.1) is 3.57 Å². The maximum Gasteiger partial charge on any atom is 0.257 e. The first-order chi connectivity index (χ1) is 16.0. The molecule has 0 unspecified atom stereocenters. The summed E-state index contributed by atoms with van der Waals surface area (Å²) in [6, 6.07) is 24.3. The third-order valence-corrected chi connectivity index (χ3v) is 6.33. The van der Waals surface area contributed by atoms with Crippen LogP contribution < -0.4 is 10.6 Å². The van der Waals surface area contributed by atoms with Gasteiger partial charge in [-0.25, -0.2) is 4.98 Å². The highest BCUT2D eigenvalue weighted by atomic mass is 127. The number of hydrogen-bond acceptors (Lipinski definition) is 4. The predicted octanol–water partition coefficient (Wildman–Crippen LogP) is 7.03. The summed E-state index contributed by atoms with van der Waals surface area (Å²) in [6.45, 7) is 0. The molecule has 5 nitrogen and oxygen atoms in total. The van der Waals surface area contributed by atoms with Crippen molar-refractivity contribution in [2.24, 2.45) is 0 Å². The summed E-state index contributed by atoms with van der Waals surface area (Å²) in [5.74, 6) is 0.230. The van der Waals surface area contributed by atoms with Gasteiger partial charge in [-0.3, -0.25) is 10.1 Å². The van der Waals surface area contributed by atoms with E-state index in [1.807, 2.05) is 66.7 Å². The lowest BCUT2D eigenvalue weighted by atomic mass is 10.0. The Morgan fingerprint density at radius 3 is 2.55 bits per heavy atom. The molecule has 5 rings (SSSR count). The van der Waals surface area contributed by atoms with Crippen LogP contribution in [-0.4, -0.2) is 16.0 Å². The second kappa shape index (κ2) is 9.09. The third-order valence-electron chi connectivity index (χ3n) is 5.08. The molecule has 33 heavy (non-hydrogen) atoms. The standard InChI is InChI=1S/C25H15ClIN3O2S/c26-20-6-2-3-17-18(20)4-1-5-19(17)24-29-21-13-16(11-12-22(21)32-24)28-25(33)30-23(31)14-7-9-15(27)10-8-14/h1-13H,(H2,28,30,31,33). The summed E-state index contributed by atoms with van der Waals surface area (Å²) in [5, 5.41) is 8.51. The monoisotopic (exact) mass is 583 g/mol. The second-order valence-corrected chi connectivity index (χ2v) is 9.32. The van der Waals surface area contributed by atoms with Gasteiger partial charge in [0.2, 0.25) is 5.89 Å². The smallest absolute Gasteiger partial charge is 0.257 e. The molecular weight excluding hydrogens is 569 g/mol. The molecule has 0 bridgehead atoms.